The van der Waals surface area contributed by atoms with E-state index in [1.165, 1.54) is 12.1 Å². The molecule has 0 amide bonds. The second-order valence-electron chi connectivity index (χ2n) is 1.27. The number of hydrogen-bond acceptors (Lipinski definition) is 6. The molecule has 0 unspecified atom stereocenters. The zero-order valence-corrected chi connectivity index (χ0v) is 5.18. The molecule has 0 aliphatic heterocycles. The van der Waals surface area contributed by atoms with Gasteiger partial charge in [0.2, 0.25) is 0 Å². The van der Waals surface area contributed by atoms with Crippen molar-refractivity contribution in [3.63, 3.8) is 0 Å². The Hall–Kier alpha value is -2.08. The van der Waals surface area contributed by atoms with E-state index in [0.717, 1.165) is 0 Å². The van der Waals surface area contributed by atoms with Gasteiger partial charge in [-0.1, -0.05) is 0 Å². The van der Waals surface area contributed by atoms with E-state index in [1.54, 1.807) is 0 Å². The highest BCUT2D eigenvalue weighted by Crippen LogP contribution is 2.06. The van der Waals surface area contributed by atoms with Crippen LogP contribution in [0.4, 0.5) is 0 Å². The summed E-state index contributed by atoms with van der Waals surface area (Å²) in [6.07, 6.45) is 0. The van der Waals surface area contributed by atoms with Crippen molar-refractivity contribution in [3.05, 3.63) is 0 Å². The molecule has 0 N–H and O–H groups in total. The molecule has 6 nitrogen and oxygen atoms in total. The van der Waals surface area contributed by atoms with Gasteiger partial charge in [0, 0.05) is 0 Å². The van der Waals surface area contributed by atoms with Gasteiger partial charge in [0.05, 0.1) is 0 Å². The normalized spacial score (nSPS) is 8.55. The highest BCUT2D eigenvalue weighted by Gasteiger charge is 2.34. The maximum atomic E-state index is 9.69. The number of rotatable bonds is 4. The van der Waals surface area contributed by atoms with Crippen molar-refractivity contribution in [1.29, 1.82) is 10.5 Å². The van der Waals surface area contributed by atoms with E-state index in [4.69, 9.17) is 10.5 Å². The quantitative estimate of drug-likeness (QED) is 0.383. The van der Waals surface area contributed by atoms with E-state index in [2.05, 4.69) is 9.47 Å². The third-order valence-electron chi connectivity index (χ3n) is 0.723. The molecular weight excluding hydrogens is 152 g/mol. The van der Waals surface area contributed by atoms with Gasteiger partial charge in [-0.3, -0.25) is 9.59 Å². The van der Waals surface area contributed by atoms with Crippen molar-refractivity contribution in [1.82, 2.24) is 0 Å². The van der Waals surface area contributed by atoms with Crippen LogP contribution in [0.2, 0.25) is 0 Å². The molecule has 0 aromatic heterocycles. The van der Waals surface area contributed by atoms with E-state index in [0.29, 0.717) is 0 Å². The topological polar surface area (TPSA) is 100 Å². The second-order valence-corrected chi connectivity index (χ2v) is 1.27. The highest BCUT2D eigenvalue weighted by molar-refractivity contribution is 5.45. The molecule has 0 heterocycles. The predicted molar refractivity (Wildman–Crippen MR) is 28.3 cm³/mol. The Kier molecular flexibility index (Phi) is 3.13. The summed E-state index contributed by atoms with van der Waals surface area (Å²) in [6.45, 7) is -0.314. The first-order chi connectivity index (χ1) is 5.24. The average Bonchev–Trinajstić information content (AvgIpc) is 2.04. The molecule has 0 aromatic rings. The number of hydrogen-bond donors (Lipinski definition) is 0. The van der Waals surface area contributed by atoms with Crippen LogP contribution < -0.4 is 0 Å². The summed E-state index contributed by atoms with van der Waals surface area (Å²) in [4.78, 5) is 19.4. The number of carbonyl (C=O) groups is 2. The largest absolute Gasteiger partial charge is 0.439 e. The van der Waals surface area contributed by atoms with Crippen LogP contribution in [-0.2, 0) is 19.1 Å². The fraction of sp³-hybridized carbons (Fsp3) is 0.200. The molecule has 11 heavy (non-hydrogen) atoms. The summed E-state index contributed by atoms with van der Waals surface area (Å²) in [5, 5.41) is 16.4. The third-order valence-corrected chi connectivity index (χ3v) is 0.723. The van der Waals surface area contributed by atoms with Crippen LogP contribution in [0.25, 0.3) is 0 Å². The Bertz CT molecular complexity index is 210. The first kappa shape index (κ1) is 8.92. The Labute approximate surface area is 61.5 Å². The first-order valence-corrected chi connectivity index (χ1v) is 2.30. The van der Waals surface area contributed by atoms with Gasteiger partial charge in [0.1, 0.15) is 0 Å². The molecule has 0 aliphatic rings. The second kappa shape index (κ2) is 3.85. The maximum absolute atomic E-state index is 9.69. The van der Waals surface area contributed by atoms with Crippen LogP contribution in [-0.4, -0.2) is 18.7 Å². The van der Waals surface area contributed by atoms with E-state index in [1.807, 2.05) is 0 Å². The Balaban J connectivity index is 4.51. The minimum atomic E-state index is -2.44. The van der Waals surface area contributed by atoms with E-state index >= 15 is 0 Å². The monoisotopic (exact) mass is 154 g/mol. The van der Waals surface area contributed by atoms with Gasteiger partial charge in [-0.2, -0.15) is 10.5 Å². The maximum Gasteiger partial charge on any atom is 0.439 e. The Morgan fingerprint density at radius 2 is 1.45 bits per heavy atom. The van der Waals surface area contributed by atoms with Gasteiger partial charge in [0.25, 0.3) is 12.9 Å². The van der Waals surface area contributed by atoms with Crippen molar-refractivity contribution >= 4 is 12.9 Å². The zero-order valence-electron chi connectivity index (χ0n) is 5.18. The molecule has 0 radical (unpaired) electrons. The molecule has 6 heteroatoms. The molecule has 0 saturated heterocycles. The van der Waals surface area contributed by atoms with Crippen molar-refractivity contribution in [2.75, 3.05) is 0 Å². The lowest BCUT2D eigenvalue weighted by Gasteiger charge is -2.11. The van der Waals surface area contributed by atoms with Gasteiger partial charge in [0.15, 0.2) is 12.1 Å². The number of carbonyl (C=O) groups excluding carboxylic acids is 2. The standard InChI is InChI=1S/C5H2N2O4/c6-1-5(2-7,10-3-8)11-4-9/h3-4H. The van der Waals surface area contributed by atoms with Crippen LogP contribution >= 0.6 is 0 Å². The molecular formula is C5H2N2O4. The minimum Gasteiger partial charge on any atom is -0.400 e. The van der Waals surface area contributed by atoms with Crippen molar-refractivity contribution in [2.45, 2.75) is 5.79 Å². The van der Waals surface area contributed by atoms with Gasteiger partial charge in [-0.05, 0) is 0 Å². The molecule has 0 bridgehead atoms. The Morgan fingerprint density at radius 3 is 1.64 bits per heavy atom. The first-order valence-electron chi connectivity index (χ1n) is 2.30. The lowest BCUT2D eigenvalue weighted by Crippen LogP contribution is -2.31. The zero-order chi connectivity index (χ0) is 8.74. The molecule has 56 valence electrons. The smallest absolute Gasteiger partial charge is 0.400 e. The SMILES string of the molecule is N#CC(C#N)(OC=O)OC=O. The van der Waals surface area contributed by atoms with E-state index in [9.17, 15) is 9.59 Å². The summed E-state index contributed by atoms with van der Waals surface area (Å²) in [7, 11) is 0. The van der Waals surface area contributed by atoms with E-state index < -0.39 is 5.79 Å². The molecule has 0 atom stereocenters. The van der Waals surface area contributed by atoms with Gasteiger partial charge in [-0.25, -0.2) is 0 Å². The number of ether oxygens (including phenoxy) is 2. The average molecular weight is 154 g/mol. The summed E-state index contributed by atoms with van der Waals surface area (Å²) in [5.74, 6) is -2.44. The lowest BCUT2D eigenvalue weighted by molar-refractivity contribution is -0.175. The van der Waals surface area contributed by atoms with Crippen LogP contribution in [0.1, 0.15) is 0 Å². The van der Waals surface area contributed by atoms with Crippen LogP contribution in [0, 0.1) is 22.7 Å². The molecule has 0 rings (SSSR count). The minimum absolute atomic E-state index is 0.157. The van der Waals surface area contributed by atoms with Crippen LogP contribution in [0.15, 0.2) is 0 Å². The Morgan fingerprint density at radius 1 is 1.09 bits per heavy atom. The van der Waals surface area contributed by atoms with Crippen LogP contribution in [0.5, 0.6) is 0 Å². The third kappa shape index (κ3) is 1.95. The van der Waals surface area contributed by atoms with Gasteiger partial charge < -0.3 is 9.47 Å². The number of nitriles is 2. The molecule has 0 aromatic carbocycles. The predicted octanol–water partition coefficient (Wildman–Crippen LogP) is -0.924. The summed E-state index contributed by atoms with van der Waals surface area (Å²) < 4.78 is 7.82. The summed E-state index contributed by atoms with van der Waals surface area (Å²) >= 11 is 0. The van der Waals surface area contributed by atoms with Gasteiger partial charge in [-0.15, -0.1) is 0 Å². The van der Waals surface area contributed by atoms with Crippen molar-refractivity contribution in [3.8, 4) is 12.1 Å². The highest BCUT2D eigenvalue weighted by atomic mass is 16.7. The molecule has 0 fully saturated rings. The van der Waals surface area contributed by atoms with Crippen LogP contribution in [0.3, 0.4) is 0 Å². The summed E-state index contributed by atoms with van der Waals surface area (Å²) in [6, 6.07) is 2.40. The fourth-order valence-electron chi connectivity index (χ4n) is 0.294. The molecule has 0 aliphatic carbocycles. The number of nitrogens with zero attached hydrogens (tertiary/aromatic N) is 2. The van der Waals surface area contributed by atoms with E-state index in [-0.39, 0.29) is 12.9 Å². The lowest BCUT2D eigenvalue weighted by atomic mass is 10.3. The molecule has 0 spiro atoms. The van der Waals surface area contributed by atoms with Crippen molar-refractivity contribution in [2.24, 2.45) is 0 Å². The summed E-state index contributed by atoms with van der Waals surface area (Å²) in [5.41, 5.74) is 0. The van der Waals surface area contributed by atoms with Gasteiger partial charge >= 0.3 is 5.79 Å². The molecule has 0 saturated carbocycles. The van der Waals surface area contributed by atoms with Crippen molar-refractivity contribution < 1.29 is 19.1 Å². The fourth-order valence-corrected chi connectivity index (χ4v) is 0.294.